The Labute approximate surface area is 147 Å². The van der Waals surface area contributed by atoms with E-state index in [1.54, 1.807) is 0 Å². The molecular formula is C20H23N3O2. The topological polar surface area (TPSA) is 67.0 Å². The van der Waals surface area contributed by atoms with Gasteiger partial charge in [0.25, 0.3) is 5.91 Å². The first-order chi connectivity index (χ1) is 12.1. The molecule has 0 saturated carbocycles. The fourth-order valence-corrected chi connectivity index (χ4v) is 2.73. The molecule has 0 aliphatic carbocycles. The predicted molar refractivity (Wildman–Crippen MR) is 98.8 cm³/mol. The van der Waals surface area contributed by atoms with E-state index in [2.05, 4.69) is 29.1 Å². The van der Waals surface area contributed by atoms with E-state index in [4.69, 9.17) is 4.74 Å². The van der Waals surface area contributed by atoms with Crippen LogP contribution in [0.25, 0.3) is 11.0 Å². The highest BCUT2D eigenvalue weighted by Gasteiger charge is 2.09. The summed E-state index contributed by atoms with van der Waals surface area (Å²) in [6.45, 7) is 4.75. The number of para-hydroxylation sites is 3. The number of fused-ring (bicyclic) bond motifs is 1. The Morgan fingerprint density at radius 1 is 1.16 bits per heavy atom. The first-order valence-electron chi connectivity index (χ1n) is 8.55. The molecule has 0 unspecified atom stereocenters. The number of H-pyrrole nitrogens is 1. The van der Waals surface area contributed by atoms with E-state index < -0.39 is 0 Å². The molecule has 25 heavy (non-hydrogen) atoms. The molecule has 1 amide bonds. The Morgan fingerprint density at radius 3 is 2.72 bits per heavy atom. The quantitative estimate of drug-likeness (QED) is 0.694. The fourth-order valence-electron chi connectivity index (χ4n) is 2.73. The Morgan fingerprint density at radius 2 is 1.92 bits per heavy atom. The Bertz CT molecular complexity index is 822. The monoisotopic (exact) mass is 337 g/mol. The minimum atomic E-state index is -0.130. The van der Waals surface area contributed by atoms with Crippen LogP contribution in [0.4, 0.5) is 0 Å². The summed E-state index contributed by atoms with van der Waals surface area (Å²) in [5.74, 6) is 1.86. The van der Waals surface area contributed by atoms with Gasteiger partial charge in [-0.3, -0.25) is 4.79 Å². The highest BCUT2D eigenvalue weighted by Crippen LogP contribution is 2.25. The zero-order valence-electron chi connectivity index (χ0n) is 14.6. The number of benzene rings is 2. The van der Waals surface area contributed by atoms with Crippen molar-refractivity contribution in [3.05, 3.63) is 59.9 Å². The second-order valence-corrected chi connectivity index (χ2v) is 6.28. The van der Waals surface area contributed by atoms with Gasteiger partial charge in [-0.2, -0.15) is 0 Å². The van der Waals surface area contributed by atoms with Gasteiger partial charge in [-0.1, -0.05) is 44.2 Å². The molecule has 0 aliphatic rings. The maximum Gasteiger partial charge on any atom is 0.257 e. The van der Waals surface area contributed by atoms with Crippen LogP contribution < -0.4 is 10.1 Å². The number of imidazole rings is 1. The molecule has 0 spiro atoms. The molecule has 5 heteroatoms. The van der Waals surface area contributed by atoms with E-state index in [1.807, 2.05) is 48.5 Å². The van der Waals surface area contributed by atoms with E-state index >= 15 is 0 Å². The van der Waals surface area contributed by atoms with E-state index in [0.717, 1.165) is 28.2 Å². The minimum absolute atomic E-state index is 0.0177. The second kappa shape index (κ2) is 7.83. The molecule has 2 aromatic carbocycles. The Hall–Kier alpha value is -2.82. The van der Waals surface area contributed by atoms with Crippen LogP contribution in [0, 0.1) is 0 Å². The van der Waals surface area contributed by atoms with Crippen molar-refractivity contribution in [1.82, 2.24) is 15.3 Å². The lowest BCUT2D eigenvalue weighted by Crippen LogP contribution is -2.30. The van der Waals surface area contributed by atoms with E-state index in [9.17, 15) is 4.79 Å². The summed E-state index contributed by atoms with van der Waals surface area (Å²) in [7, 11) is 0. The van der Waals surface area contributed by atoms with Gasteiger partial charge in [-0.25, -0.2) is 4.98 Å². The van der Waals surface area contributed by atoms with Crippen molar-refractivity contribution in [1.29, 1.82) is 0 Å². The summed E-state index contributed by atoms with van der Waals surface area (Å²) in [5.41, 5.74) is 3.06. The Balaban J connectivity index is 1.47. The van der Waals surface area contributed by atoms with Crippen molar-refractivity contribution < 1.29 is 9.53 Å². The molecule has 5 nitrogen and oxygen atoms in total. The molecular weight excluding hydrogens is 314 g/mol. The maximum atomic E-state index is 12.0. The second-order valence-electron chi connectivity index (χ2n) is 6.28. The number of hydrogen-bond donors (Lipinski definition) is 2. The molecule has 0 aliphatic heterocycles. The van der Waals surface area contributed by atoms with Crippen LogP contribution in [-0.2, 0) is 11.2 Å². The number of amides is 1. The molecule has 3 aromatic rings. The number of aromatic amines is 1. The summed E-state index contributed by atoms with van der Waals surface area (Å²) in [6, 6.07) is 15.7. The van der Waals surface area contributed by atoms with Crippen molar-refractivity contribution in [3.8, 4) is 5.75 Å². The summed E-state index contributed by atoms with van der Waals surface area (Å²) < 4.78 is 5.68. The van der Waals surface area contributed by atoms with Crippen molar-refractivity contribution in [2.75, 3.05) is 13.2 Å². The third kappa shape index (κ3) is 4.38. The first-order valence-corrected chi connectivity index (χ1v) is 8.55. The summed E-state index contributed by atoms with van der Waals surface area (Å²) >= 11 is 0. The molecule has 1 aromatic heterocycles. The van der Waals surface area contributed by atoms with Gasteiger partial charge in [0.15, 0.2) is 6.61 Å². The predicted octanol–water partition coefficient (Wildman–Crippen LogP) is 3.42. The van der Waals surface area contributed by atoms with Crippen LogP contribution >= 0.6 is 0 Å². The lowest BCUT2D eigenvalue weighted by molar-refractivity contribution is -0.123. The van der Waals surface area contributed by atoms with Gasteiger partial charge in [-0.05, 0) is 29.7 Å². The number of rotatable bonds is 7. The van der Waals surface area contributed by atoms with E-state index in [1.165, 1.54) is 0 Å². The lowest BCUT2D eigenvalue weighted by atomic mass is 10.0. The van der Waals surface area contributed by atoms with Gasteiger partial charge in [0.1, 0.15) is 11.6 Å². The van der Waals surface area contributed by atoms with E-state index in [0.29, 0.717) is 18.9 Å². The van der Waals surface area contributed by atoms with Gasteiger partial charge in [0.05, 0.1) is 11.0 Å². The lowest BCUT2D eigenvalue weighted by Gasteiger charge is -2.13. The largest absolute Gasteiger partial charge is 0.483 e. The maximum absolute atomic E-state index is 12.0. The number of ether oxygens (including phenoxy) is 1. The van der Waals surface area contributed by atoms with Crippen LogP contribution in [0.5, 0.6) is 5.75 Å². The van der Waals surface area contributed by atoms with Gasteiger partial charge in [-0.15, -0.1) is 0 Å². The van der Waals surface area contributed by atoms with Crippen LogP contribution in [0.15, 0.2) is 48.5 Å². The number of nitrogens with one attached hydrogen (secondary N) is 2. The number of hydrogen-bond acceptors (Lipinski definition) is 3. The zero-order chi connectivity index (χ0) is 17.6. The molecule has 0 bridgehead atoms. The average Bonchev–Trinajstić information content (AvgIpc) is 3.03. The van der Waals surface area contributed by atoms with Crippen molar-refractivity contribution >= 4 is 16.9 Å². The third-order valence-corrected chi connectivity index (χ3v) is 4.02. The first kappa shape index (κ1) is 17.0. The molecule has 2 N–H and O–H groups in total. The molecule has 0 atom stereocenters. The average molecular weight is 337 g/mol. The smallest absolute Gasteiger partial charge is 0.257 e. The van der Waals surface area contributed by atoms with Crippen molar-refractivity contribution in [2.45, 2.75) is 26.2 Å². The highest BCUT2D eigenvalue weighted by atomic mass is 16.5. The molecule has 0 saturated heterocycles. The van der Waals surface area contributed by atoms with Gasteiger partial charge < -0.3 is 15.0 Å². The number of aromatic nitrogens is 2. The van der Waals surface area contributed by atoms with Crippen molar-refractivity contribution in [2.24, 2.45) is 0 Å². The van der Waals surface area contributed by atoms with Gasteiger partial charge in [0, 0.05) is 13.0 Å². The van der Waals surface area contributed by atoms with Gasteiger partial charge >= 0.3 is 0 Å². The fraction of sp³-hybridized carbons (Fsp3) is 0.300. The summed E-state index contributed by atoms with van der Waals surface area (Å²) in [5, 5.41) is 2.87. The third-order valence-electron chi connectivity index (χ3n) is 4.02. The molecule has 0 radical (unpaired) electrons. The molecule has 0 fully saturated rings. The molecule has 130 valence electrons. The SMILES string of the molecule is CC(C)c1ccccc1OCC(=O)NCCc1nc2ccccc2[nH]1. The normalized spacial score (nSPS) is 11.0. The van der Waals surface area contributed by atoms with Crippen molar-refractivity contribution in [3.63, 3.8) is 0 Å². The van der Waals surface area contributed by atoms with E-state index in [-0.39, 0.29) is 12.5 Å². The van der Waals surface area contributed by atoms with Gasteiger partial charge in [0.2, 0.25) is 0 Å². The molecule has 3 rings (SSSR count). The number of nitrogens with zero attached hydrogens (tertiary/aromatic N) is 1. The zero-order valence-corrected chi connectivity index (χ0v) is 14.6. The summed E-state index contributed by atoms with van der Waals surface area (Å²) in [4.78, 5) is 19.7. The van der Waals surface area contributed by atoms with Crippen LogP contribution in [0.3, 0.4) is 0 Å². The van der Waals surface area contributed by atoms with Crippen LogP contribution in [0.2, 0.25) is 0 Å². The molecule has 1 heterocycles. The highest BCUT2D eigenvalue weighted by molar-refractivity contribution is 5.77. The number of carbonyl (C=O) groups excluding carboxylic acids is 1. The minimum Gasteiger partial charge on any atom is -0.483 e. The summed E-state index contributed by atoms with van der Waals surface area (Å²) in [6.07, 6.45) is 0.656. The number of carbonyl (C=O) groups is 1. The van der Waals surface area contributed by atoms with Crippen LogP contribution in [-0.4, -0.2) is 29.0 Å². The Kier molecular flexibility index (Phi) is 5.33. The standard InChI is InChI=1S/C20H23N3O2/c1-14(2)15-7-3-6-10-18(15)25-13-20(24)21-12-11-19-22-16-8-4-5-9-17(16)23-19/h3-10,14H,11-13H2,1-2H3,(H,21,24)(H,22,23). The van der Waals surface area contributed by atoms with Crippen LogP contribution in [0.1, 0.15) is 31.2 Å².